The van der Waals surface area contributed by atoms with E-state index in [4.69, 9.17) is 4.74 Å². The molecule has 19 heavy (non-hydrogen) atoms. The molecular weight excluding hydrogens is 241 g/mol. The summed E-state index contributed by atoms with van der Waals surface area (Å²) in [6, 6.07) is 3.95. The van der Waals surface area contributed by atoms with Crippen LogP contribution in [-0.2, 0) is 6.42 Å². The number of halogens is 1. The third-order valence-electron chi connectivity index (χ3n) is 3.57. The number of hydrogen-bond acceptors (Lipinski definition) is 2. The van der Waals surface area contributed by atoms with Crippen molar-refractivity contribution in [2.75, 3.05) is 24.6 Å². The van der Waals surface area contributed by atoms with Gasteiger partial charge < -0.3 is 9.64 Å². The summed E-state index contributed by atoms with van der Waals surface area (Å²) < 4.78 is 20.2. The molecular formula is C16H24FNO. The molecule has 0 bridgehead atoms. The summed E-state index contributed by atoms with van der Waals surface area (Å²) in [5, 5.41) is 0. The first-order valence-electron chi connectivity index (χ1n) is 7.36. The number of ether oxygens (including phenoxy) is 1. The monoisotopic (exact) mass is 265 g/mol. The second kappa shape index (κ2) is 6.27. The van der Waals surface area contributed by atoms with Crippen LogP contribution in [-0.4, -0.2) is 19.7 Å². The Morgan fingerprint density at radius 2 is 1.95 bits per heavy atom. The Morgan fingerprint density at radius 3 is 2.58 bits per heavy atom. The molecule has 0 fully saturated rings. The molecule has 0 spiro atoms. The number of nitrogens with zero attached hydrogens (tertiary/aromatic N) is 1. The van der Waals surface area contributed by atoms with Gasteiger partial charge >= 0.3 is 0 Å². The lowest BCUT2D eigenvalue weighted by Gasteiger charge is -2.28. The highest BCUT2D eigenvalue weighted by Gasteiger charge is 2.23. The summed E-state index contributed by atoms with van der Waals surface area (Å²) >= 11 is 0. The van der Waals surface area contributed by atoms with E-state index in [2.05, 4.69) is 25.7 Å². The van der Waals surface area contributed by atoms with Gasteiger partial charge in [-0.1, -0.05) is 26.8 Å². The Kier molecular flexibility index (Phi) is 4.67. The van der Waals surface area contributed by atoms with Gasteiger partial charge in [0.15, 0.2) is 11.6 Å². The molecule has 1 unspecified atom stereocenters. The number of hydrogen-bond donors (Lipinski definition) is 0. The van der Waals surface area contributed by atoms with E-state index < -0.39 is 0 Å². The molecule has 1 atom stereocenters. The van der Waals surface area contributed by atoms with Crippen LogP contribution in [0.25, 0.3) is 0 Å². The van der Waals surface area contributed by atoms with E-state index in [9.17, 15) is 4.39 Å². The summed E-state index contributed by atoms with van der Waals surface area (Å²) in [7, 11) is 0. The van der Waals surface area contributed by atoms with E-state index >= 15 is 0 Å². The van der Waals surface area contributed by atoms with Gasteiger partial charge in [-0.2, -0.15) is 0 Å². The molecule has 0 aliphatic carbocycles. The Labute approximate surface area is 115 Å². The molecule has 0 saturated heterocycles. The normalized spacial score (nSPS) is 17.8. The summed E-state index contributed by atoms with van der Waals surface area (Å²) in [4.78, 5) is 2.12. The fraction of sp³-hybridized carbons (Fsp3) is 0.625. The minimum absolute atomic E-state index is 0.175. The van der Waals surface area contributed by atoms with Gasteiger partial charge in [0, 0.05) is 13.1 Å². The van der Waals surface area contributed by atoms with Crippen LogP contribution in [0.1, 0.15) is 39.2 Å². The van der Waals surface area contributed by atoms with Gasteiger partial charge in [-0.15, -0.1) is 0 Å². The number of benzene rings is 1. The van der Waals surface area contributed by atoms with Crippen molar-refractivity contribution in [1.82, 2.24) is 0 Å². The van der Waals surface area contributed by atoms with Gasteiger partial charge in [0.1, 0.15) is 0 Å². The van der Waals surface area contributed by atoms with E-state index in [-0.39, 0.29) is 5.82 Å². The van der Waals surface area contributed by atoms with Gasteiger partial charge in [0.25, 0.3) is 0 Å². The minimum Gasteiger partial charge on any atom is -0.490 e. The van der Waals surface area contributed by atoms with E-state index in [1.807, 2.05) is 12.1 Å². The average Bonchev–Trinajstić information content (AvgIpc) is 2.39. The first kappa shape index (κ1) is 14.2. The van der Waals surface area contributed by atoms with Crippen LogP contribution >= 0.6 is 0 Å². The SMILES string of the molecule is CCCN(CCC)c1ccc2c(c1F)OCC(C)C2. The summed E-state index contributed by atoms with van der Waals surface area (Å²) in [6.07, 6.45) is 2.96. The van der Waals surface area contributed by atoms with Crippen LogP contribution < -0.4 is 9.64 Å². The van der Waals surface area contributed by atoms with Crippen molar-refractivity contribution in [3.63, 3.8) is 0 Å². The summed E-state index contributed by atoms with van der Waals surface area (Å²) in [5.41, 5.74) is 1.70. The number of rotatable bonds is 5. The van der Waals surface area contributed by atoms with Crippen LogP contribution in [0.2, 0.25) is 0 Å². The standard InChI is InChI=1S/C16H24FNO/c1-4-8-18(9-5-2)14-7-6-13-10-12(3)11-19-16(13)15(14)17/h6-7,12H,4-5,8-11H2,1-3H3. The topological polar surface area (TPSA) is 12.5 Å². The van der Waals surface area contributed by atoms with Crippen molar-refractivity contribution in [1.29, 1.82) is 0 Å². The summed E-state index contributed by atoms with van der Waals surface area (Å²) in [5.74, 6) is 0.777. The van der Waals surface area contributed by atoms with Crippen molar-refractivity contribution in [2.24, 2.45) is 5.92 Å². The summed E-state index contributed by atoms with van der Waals surface area (Å²) in [6.45, 7) is 8.78. The van der Waals surface area contributed by atoms with Crippen molar-refractivity contribution in [3.8, 4) is 5.75 Å². The zero-order valence-corrected chi connectivity index (χ0v) is 12.2. The second-order valence-corrected chi connectivity index (χ2v) is 5.49. The van der Waals surface area contributed by atoms with Crippen LogP contribution in [0.4, 0.5) is 10.1 Å². The largest absolute Gasteiger partial charge is 0.490 e. The smallest absolute Gasteiger partial charge is 0.188 e. The molecule has 2 nitrogen and oxygen atoms in total. The van der Waals surface area contributed by atoms with Crippen molar-refractivity contribution < 1.29 is 9.13 Å². The highest BCUT2D eigenvalue weighted by Crippen LogP contribution is 2.35. The molecule has 1 aromatic carbocycles. The molecule has 0 amide bonds. The highest BCUT2D eigenvalue weighted by molar-refractivity contribution is 5.56. The second-order valence-electron chi connectivity index (χ2n) is 5.49. The molecule has 0 radical (unpaired) electrons. The zero-order chi connectivity index (χ0) is 13.8. The predicted octanol–water partition coefficient (Wildman–Crippen LogP) is 4.02. The van der Waals surface area contributed by atoms with Crippen LogP contribution in [0.15, 0.2) is 12.1 Å². The molecule has 1 aromatic rings. The Hall–Kier alpha value is -1.25. The lowest BCUT2D eigenvalue weighted by Crippen LogP contribution is -2.27. The first-order chi connectivity index (χ1) is 9.17. The van der Waals surface area contributed by atoms with Gasteiger partial charge in [-0.25, -0.2) is 4.39 Å². The van der Waals surface area contributed by atoms with Crippen molar-refractivity contribution >= 4 is 5.69 Å². The lowest BCUT2D eigenvalue weighted by molar-refractivity contribution is 0.223. The Balaban J connectivity index is 2.31. The Morgan fingerprint density at radius 1 is 1.26 bits per heavy atom. The van der Waals surface area contributed by atoms with E-state index in [1.165, 1.54) is 0 Å². The number of anilines is 1. The molecule has 2 rings (SSSR count). The maximum absolute atomic E-state index is 14.6. The van der Waals surface area contributed by atoms with Crippen LogP contribution in [0, 0.1) is 11.7 Å². The van der Waals surface area contributed by atoms with E-state index in [1.54, 1.807) is 0 Å². The van der Waals surface area contributed by atoms with Crippen molar-refractivity contribution in [3.05, 3.63) is 23.5 Å². The highest BCUT2D eigenvalue weighted by atomic mass is 19.1. The molecule has 106 valence electrons. The first-order valence-corrected chi connectivity index (χ1v) is 7.36. The van der Waals surface area contributed by atoms with Gasteiger partial charge in [-0.3, -0.25) is 0 Å². The Bertz CT molecular complexity index is 427. The average molecular weight is 265 g/mol. The maximum atomic E-state index is 14.6. The quantitative estimate of drug-likeness (QED) is 0.797. The molecule has 3 heteroatoms. The van der Waals surface area contributed by atoms with Gasteiger partial charge in [0.2, 0.25) is 0 Å². The fourth-order valence-electron chi connectivity index (χ4n) is 2.70. The predicted molar refractivity (Wildman–Crippen MR) is 77.6 cm³/mol. The number of fused-ring (bicyclic) bond motifs is 1. The lowest BCUT2D eigenvalue weighted by atomic mass is 9.97. The minimum atomic E-state index is -0.175. The van der Waals surface area contributed by atoms with Crippen LogP contribution in [0.3, 0.4) is 0 Å². The maximum Gasteiger partial charge on any atom is 0.188 e. The molecule has 1 heterocycles. The zero-order valence-electron chi connectivity index (χ0n) is 12.2. The van der Waals surface area contributed by atoms with E-state index in [0.29, 0.717) is 24.0 Å². The molecule has 0 N–H and O–H groups in total. The molecule has 1 aliphatic heterocycles. The molecule has 0 saturated carbocycles. The third-order valence-corrected chi connectivity index (χ3v) is 3.57. The molecule has 1 aliphatic rings. The van der Waals surface area contributed by atoms with Gasteiger partial charge in [0.05, 0.1) is 12.3 Å². The van der Waals surface area contributed by atoms with E-state index in [0.717, 1.165) is 37.9 Å². The van der Waals surface area contributed by atoms with Crippen molar-refractivity contribution in [2.45, 2.75) is 40.0 Å². The van der Waals surface area contributed by atoms with Crippen LogP contribution in [0.5, 0.6) is 5.75 Å². The molecule has 0 aromatic heterocycles. The fourth-order valence-corrected chi connectivity index (χ4v) is 2.70. The van der Waals surface area contributed by atoms with Gasteiger partial charge in [-0.05, 0) is 36.8 Å². The third kappa shape index (κ3) is 3.02.